The van der Waals surface area contributed by atoms with Crippen LogP contribution in [-0.4, -0.2) is 58.6 Å². The van der Waals surface area contributed by atoms with Crippen LogP contribution in [-0.2, 0) is 21.5 Å². The molecular formula is C22H28ClFN3O4S+. The maximum atomic E-state index is 13.8. The van der Waals surface area contributed by atoms with Crippen molar-refractivity contribution < 1.29 is 22.3 Å². The highest BCUT2D eigenvalue weighted by atomic mass is 35.5. The molecule has 1 heterocycles. The molecule has 2 aromatic rings. The Balaban J connectivity index is 1.88. The highest BCUT2D eigenvalue weighted by Crippen LogP contribution is 2.33. The van der Waals surface area contributed by atoms with Gasteiger partial charge in [0.25, 0.3) is 0 Å². The first-order chi connectivity index (χ1) is 15.1. The van der Waals surface area contributed by atoms with Crippen LogP contribution in [0.5, 0.6) is 0 Å². The van der Waals surface area contributed by atoms with Gasteiger partial charge in [-0.05, 0) is 37.6 Å². The number of halogens is 2. The number of ether oxygens (including phenoxy) is 1. The molecule has 1 aliphatic heterocycles. The lowest BCUT2D eigenvalue weighted by Gasteiger charge is -2.43. The molecule has 2 aromatic carbocycles. The van der Waals surface area contributed by atoms with E-state index < -0.39 is 22.0 Å². The van der Waals surface area contributed by atoms with Crippen LogP contribution < -0.4 is 8.61 Å². The highest BCUT2D eigenvalue weighted by Gasteiger charge is 2.47. The van der Waals surface area contributed by atoms with Gasteiger partial charge in [-0.25, -0.2) is 9.18 Å². The molecule has 0 atom stereocenters. The highest BCUT2D eigenvalue weighted by molar-refractivity contribution is 7.89. The third-order valence-electron chi connectivity index (χ3n) is 5.89. The average molecular weight is 485 g/mol. The van der Waals surface area contributed by atoms with Crippen molar-refractivity contribution in [1.82, 2.24) is 13.5 Å². The molecule has 0 saturated carbocycles. The van der Waals surface area contributed by atoms with E-state index >= 15 is 0 Å². The van der Waals surface area contributed by atoms with Crippen molar-refractivity contribution in [3.8, 4) is 0 Å². The van der Waals surface area contributed by atoms with Crippen LogP contribution in [0.15, 0.2) is 42.5 Å². The molecule has 174 valence electrons. The Morgan fingerprint density at radius 2 is 1.81 bits per heavy atom. The van der Waals surface area contributed by atoms with Crippen LogP contribution in [0.3, 0.4) is 0 Å². The summed E-state index contributed by atoms with van der Waals surface area (Å²) in [5, 5.41) is -0.111. The number of benzene rings is 2. The summed E-state index contributed by atoms with van der Waals surface area (Å²) in [6.45, 7) is 5.93. The fraction of sp³-hybridized carbons (Fsp3) is 0.409. The topological polar surface area (TPSA) is 75.7 Å². The molecule has 1 fully saturated rings. The molecule has 7 nitrogen and oxygen atoms in total. The van der Waals surface area contributed by atoms with Crippen molar-refractivity contribution in [2.75, 3.05) is 33.3 Å². The Hall–Kier alpha value is -2.04. The fourth-order valence-electron chi connectivity index (χ4n) is 3.87. The normalized spacial score (nSPS) is 16.8. The minimum Gasteiger partial charge on any atom is -0.465 e. The van der Waals surface area contributed by atoms with E-state index in [4.69, 9.17) is 11.6 Å². The summed E-state index contributed by atoms with van der Waals surface area (Å²) in [6, 6.07) is 10.9. The van der Waals surface area contributed by atoms with Gasteiger partial charge < -0.3 is 4.74 Å². The molecule has 0 bridgehead atoms. The molecule has 0 aromatic heterocycles. The summed E-state index contributed by atoms with van der Waals surface area (Å²) in [4.78, 5) is 13.8. The lowest BCUT2D eigenvalue weighted by Crippen LogP contribution is -2.67. The van der Waals surface area contributed by atoms with E-state index in [0.717, 1.165) is 0 Å². The monoisotopic (exact) mass is 484 g/mol. The minimum absolute atomic E-state index is 0.0482. The number of piperazine rings is 1. The zero-order valence-electron chi connectivity index (χ0n) is 18.3. The number of quaternary nitrogens is 1. The summed E-state index contributed by atoms with van der Waals surface area (Å²) in [5.74, 6) is -1.05. The van der Waals surface area contributed by atoms with Crippen LogP contribution >= 0.6 is 11.6 Å². The second kappa shape index (κ2) is 9.84. The third-order valence-corrected chi connectivity index (χ3v) is 8.19. The van der Waals surface area contributed by atoms with Gasteiger partial charge in [0, 0.05) is 37.8 Å². The van der Waals surface area contributed by atoms with Crippen molar-refractivity contribution in [3.63, 3.8) is 0 Å². The van der Waals surface area contributed by atoms with Gasteiger partial charge >= 0.3 is 16.2 Å². The summed E-state index contributed by atoms with van der Waals surface area (Å²) in [7, 11) is -2.62. The van der Waals surface area contributed by atoms with E-state index in [1.165, 1.54) is 25.3 Å². The second-order valence-electron chi connectivity index (χ2n) is 8.05. The first-order valence-corrected chi connectivity index (χ1v) is 12.2. The van der Waals surface area contributed by atoms with Gasteiger partial charge in [-0.1, -0.05) is 23.7 Å². The number of hydrogen-bond acceptors (Lipinski definition) is 5. The lowest BCUT2D eigenvalue weighted by molar-refractivity contribution is 0.0600. The molecular weight excluding hydrogens is 457 g/mol. The largest absolute Gasteiger partial charge is 0.465 e. The summed E-state index contributed by atoms with van der Waals surface area (Å²) in [6.07, 6.45) is 0. The van der Waals surface area contributed by atoms with E-state index in [9.17, 15) is 17.6 Å². The van der Waals surface area contributed by atoms with Gasteiger partial charge in [0.1, 0.15) is 18.9 Å². The number of esters is 1. The lowest BCUT2D eigenvalue weighted by atomic mass is 10.1. The zero-order chi connectivity index (χ0) is 23.5. The molecule has 1 N–H and O–H groups in total. The zero-order valence-corrected chi connectivity index (χ0v) is 19.9. The van der Waals surface area contributed by atoms with Crippen molar-refractivity contribution in [2.24, 2.45) is 0 Å². The first kappa shape index (κ1) is 24.6. The van der Waals surface area contributed by atoms with Crippen molar-refractivity contribution in [1.29, 1.82) is 0 Å². The van der Waals surface area contributed by atoms with Gasteiger partial charge in [0.05, 0.1) is 17.7 Å². The number of methoxy groups -OCH3 is 1. The Bertz CT molecular complexity index is 1070. The maximum Gasteiger partial charge on any atom is 0.375 e. The molecule has 1 aliphatic rings. The van der Waals surface area contributed by atoms with Gasteiger partial charge in [-0.3, -0.25) is 4.90 Å². The van der Waals surface area contributed by atoms with Crippen molar-refractivity contribution in [2.45, 2.75) is 26.4 Å². The van der Waals surface area contributed by atoms with E-state index in [0.29, 0.717) is 43.0 Å². The summed E-state index contributed by atoms with van der Waals surface area (Å²) < 4.78 is 48.0. The maximum absolute atomic E-state index is 13.8. The van der Waals surface area contributed by atoms with Gasteiger partial charge in [0.15, 0.2) is 5.69 Å². The predicted octanol–water partition coefficient (Wildman–Crippen LogP) is 3.33. The Morgan fingerprint density at radius 1 is 1.19 bits per heavy atom. The molecule has 0 radical (unpaired) electrons. The predicted molar refractivity (Wildman–Crippen MR) is 123 cm³/mol. The van der Waals surface area contributed by atoms with E-state index in [1.54, 1.807) is 24.3 Å². The average Bonchev–Trinajstić information content (AvgIpc) is 2.79. The third kappa shape index (κ3) is 4.97. The Kier molecular flexibility index (Phi) is 7.57. The number of nitrogens with one attached hydrogen (secondary N) is 1. The molecule has 3 rings (SSSR count). The molecule has 0 amide bonds. The SMILES string of the molecule is COC(=O)c1ccc(CNS(=O)(=O)[N+]2(c3ccc(F)c(Cl)c3)CCN(C(C)C)CC2)cc1. The molecule has 32 heavy (non-hydrogen) atoms. The van der Waals surface area contributed by atoms with Gasteiger partial charge in [-0.15, -0.1) is 0 Å². The summed E-state index contributed by atoms with van der Waals surface area (Å²) >= 11 is 6.00. The van der Waals surface area contributed by atoms with Gasteiger partial charge in [-0.2, -0.15) is 17.0 Å². The van der Waals surface area contributed by atoms with E-state index in [1.807, 2.05) is 0 Å². The number of hydrogen-bond donors (Lipinski definition) is 1. The second-order valence-corrected chi connectivity index (χ2v) is 10.4. The molecule has 1 saturated heterocycles. The van der Waals surface area contributed by atoms with Crippen LogP contribution in [0, 0.1) is 5.82 Å². The standard InChI is InChI=1S/C22H28ClFN3O4S/c1-16(2)26-10-12-27(13-11-26,19-8-9-21(24)20(23)14-19)32(29,30)25-15-17-4-6-18(7-5-17)22(28)31-3/h4-9,14,16,25H,10-13,15H2,1-3H3/q+1. The fourth-order valence-corrected chi connectivity index (χ4v) is 5.68. The van der Waals surface area contributed by atoms with E-state index in [2.05, 4.69) is 28.2 Å². The van der Waals surface area contributed by atoms with Crippen molar-refractivity contribution >= 4 is 33.5 Å². The van der Waals surface area contributed by atoms with Crippen LogP contribution in [0.1, 0.15) is 29.8 Å². The summed E-state index contributed by atoms with van der Waals surface area (Å²) in [5.41, 5.74) is 1.50. The Labute approximate surface area is 193 Å². The van der Waals surface area contributed by atoms with Gasteiger partial charge in [0.2, 0.25) is 0 Å². The molecule has 0 unspecified atom stereocenters. The Morgan fingerprint density at radius 3 is 2.34 bits per heavy atom. The van der Waals surface area contributed by atoms with Crippen molar-refractivity contribution in [3.05, 3.63) is 64.4 Å². The number of rotatable bonds is 7. The molecule has 10 heteroatoms. The first-order valence-electron chi connectivity index (χ1n) is 10.3. The smallest absolute Gasteiger partial charge is 0.375 e. The minimum atomic E-state index is -3.92. The number of carbonyl (C=O) groups is 1. The number of nitrogens with zero attached hydrogens (tertiary/aromatic N) is 2. The quantitative estimate of drug-likeness (QED) is 0.482. The van der Waals surface area contributed by atoms with Crippen LogP contribution in [0.25, 0.3) is 0 Å². The van der Waals surface area contributed by atoms with Crippen LogP contribution in [0.4, 0.5) is 10.1 Å². The molecule has 0 aliphatic carbocycles. The molecule has 0 spiro atoms. The van der Waals surface area contributed by atoms with E-state index in [-0.39, 0.29) is 21.5 Å². The van der Waals surface area contributed by atoms with Crippen LogP contribution in [0.2, 0.25) is 5.02 Å². The number of carbonyl (C=O) groups excluding carboxylic acids is 1.